The van der Waals surface area contributed by atoms with Crippen molar-refractivity contribution in [2.45, 2.75) is 31.5 Å². The van der Waals surface area contributed by atoms with Gasteiger partial charge in [-0.25, -0.2) is 0 Å². The summed E-state index contributed by atoms with van der Waals surface area (Å²) in [5.74, 6) is -0.262. The Labute approximate surface area is 115 Å². The van der Waals surface area contributed by atoms with E-state index in [4.69, 9.17) is 0 Å². The summed E-state index contributed by atoms with van der Waals surface area (Å²) in [5, 5.41) is 9.79. The second-order valence-corrected chi connectivity index (χ2v) is 5.44. The quantitative estimate of drug-likeness (QED) is 0.906. The molecule has 1 aliphatic rings. The average molecular weight is 287 g/mol. The first-order chi connectivity index (χ1) is 9.17. The highest BCUT2D eigenvalue weighted by atomic mass is 19.4. The van der Waals surface area contributed by atoms with Crippen molar-refractivity contribution in [1.82, 2.24) is 4.90 Å². The summed E-state index contributed by atoms with van der Waals surface area (Å²) < 4.78 is 37.7. The van der Waals surface area contributed by atoms with Gasteiger partial charge in [-0.1, -0.05) is 18.2 Å². The van der Waals surface area contributed by atoms with Gasteiger partial charge in [-0.15, -0.1) is 0 Å². The van der Waals surface area contributed by atoms with Crippen LogP contribution >= 0.6 is 0 Å². The number of likely N-dealkylation sites (tertiary alicyclic amines) is 1. The van der Waals surface area contributed by atoms with Crippen molar-refractivity contribution in [3.8, 4) is 0 Å². The van der Waals surface area contributed by atoms with Crippen LogP contribution in [0.2, 0.25) is 0 Å². The second kappa shape index (κ2) is 5.09. The lowest BCUT2D eigenvalue weighted by atomic mass is 10.1. The third-order valence-corrected chi connectivity index (χ3v) is 3.41. The Hall–Kier alpha value is -1.56. The zero-order valence-corrected chi connectivity index (χ0v) is 11.1. The Kier molecular flexibility index (Phi) is 3.77. The van der Waals surface area contributed by atoms with Crippen LogP contribution in [0.15, 0.2) is 24.3 Å². The van der Waals surface area contributed by atoms with Crippen molar-refractivity contribution in [1.29, 1.82) is 0 Å². The van der Waals surface area contributed by atoms with Crippen LogP contribution in [-0.4, -0.2) is 34.6 Å². The van der Waals surface area contributed by atoms with Crippen molar-refractivity contribution >= 4 is 5.91 Å². The van der Waals surface area contributed by atoms with Gasteiger partial charge in [-0.05, 0) is 25.0 Å². The first-order valence-electron chi connectivity index (χ1n) is 6.34. The molecule has 1 amide bonds. The van der Waals surface area contributed by atoms with Crippen LogP contribution in [0.3, 0.4) is 0 Å². The first-order valence-corrected chi connectivity index (χ1v) is 6.34. The maximum atomic E-state index is 12.6. The highest BCUT2D eigenvalue weighted by molar-refractivity contribution is 5.79. The van der Waals surface area contributed by atoms with Gasteiger partial charge >= 0.3 is 6.18 Å². The lowest BCUT2D eigenvalue weighted by Crippen LogP contribution is -2.34. The third-order valence-electron chi connectivity index (χ3n) is 3.41. The van der Waals surface area contributed by atoms with Gasteiger partial charge in [-0.3, -0.25) is 4.79 Å². The van der Waals surface area contributed by atoms with Gasteiger partial charge in [0.1, 0.15) is 0 Å². The summed E-state index contributed by atoms with van der Waals surface area (Å²) in [4.78, 5) is 13.5. The molecule has 1 heterocycles. The number of hydrogen-bond acceptors (Lipinski definition) is 2. The van der Waals surface area contributed by atoms with Gasteiger partial charge < -0.3 is 10.0 Å². The molecule has 1 saturated heterocycles. The van der Waals surface area contributed by atoms with Crippen LogP contribution in [0.4, 0.5) is 13.2 Å². The molecule has 1 fully saturated rings. The highest BCUT2D eigenvalue weighted by Crippen LogP contribution is 2.30. The summed E-state index contributed by atoms with van der Waals surface area (Å²) in [6.07, 6.45) is -4.00. The van der Waals surface area contributed by atoms with Gasteiger partial charge in [0.2, 0.25) is 5.91 Å². The minimum Gasteiger partial charge on any atom is -0.388 e. The fraction of sp³-hybridized carbons (Fsp3) is 0.500. The number of carbonyl (C=O) groups excluding carboxylic acids is 1. The number of amides is 1. The summed E-state index contributed by atoms with van der Waals surface area (Å²) >= 11 is 0. The molecule has 0 saturated carbocycles. The lowest BCUT2D eigenvalue weighted by Gasteiger charge is -2.19. The largest absolute Gasteiger partial charge is 0.416 e. The molecule has 0 aliphatic carbocycles. The minimum absolute atomic E-state index is 0.0833. The molecular formula is C14H16F3NO2. The highest BCUT2D eigenvalue weighted by Gasteiger charge is 2.34. The predicted octanol–water partition coefficient (Wildman–Crippen LogP) is 2.23. The summed E-state index contributed by atoms with van der Waals surface area (Å²) in [6.45, 7) is 2.31. The van der Waals surface area contributed by atoms with Crippen LogP contribution in [-0.2, 0) is 17.4 Å². The molecule has 20 heavy (non-hydrogen) atoms. The molecule has 110 valence electrons. The number of hydrogen-bond donors (Lipinski definition) is 1. The first kappa shape index (κ1) is 14.8. The molecule has 1 aromatic carbocycles. The van der Waals surface area contributed by atoms with E-state index in [2.05, 4.69) is 0 Å². The summed E-state index contributed by atoms with van der Waals surface area (Å²) in [6, 6.07) is 4.77. The number of carbonyl (C=O) groups is 1. The molecule has 1 aromatic rings. The number of alkyl halides is 3. The van der Waals surface area contributed by atoms with E-state index in [1.165, 1.54) is 17.0 Å². The summed E-state index contributed by atoms with van der Waals surface area (Å²) in [5.41, 5.74) is -1.32. The van der Waals surface area contributed by atoms with E-state index in [-0.39, 0.29) is 18.9 Å². The van der Waals surface area contributed by atoms with E-state index in [0.717, 1.165) is 12.1 Å². The number of rotatable bonds is 2. The molecule has 1 N–H and O–H groups in total. The Balaban J connectivity index is 2.05. The molecule has 2 rings (SSSR count). The van der Waals surface area contributed by atoms with Crippen LogP contribution in [0, 0.1) is 0 Å². The van der Waals surface area contributed by atoms with E-state index in [1.54, 1.807) is 6.92 Å². The van der Waals surface area contributed by atoms with Crippen molar-refractivity contribution in [2.24, 2.45) is 0 Å². The standard InChI is InChI=1S/C14H16F3NO2/c1-13(20)5-6-18(9-13)12(19)8-10-3-2-4-11(7-10)14(15,16)17/h2-4,7,20H,5-6,8-9H2,1H3. The fourth-order valence-corrected chi connectivity index (χ4v) is 2.30. The fourth-order valence-electron chi connectivity index (χ4n) is 2.30. The van der Waals surface area contributed by atoms with Gasteiger partial charge in [0, 0.05) is 13.1 Å². The summed E-state index contributed by atoms with van der Waals surface area (Å²) in [7, 11) is 0. The Morgan fingerprint density at radius 2 is 2.15 bits per heavy atom. The molecule has 1 unspecified atom stereocenters. The van der Waals surface area contributed by atoms with Gasteiger partial charge in [0.05, 0.1) is 17.6 Å². The number of aliphatic hydroxyl groups is 1. The zero-order valence-electron chi connectivity index (χ0n) is 11.1. The molecule has 0 radical (unpaired) electrons. The van der Waals surface area contributed by atoms with E-state index in [1.807, 2.05) is 0 Å². The minimum atomic E-state index is -4.41. The normalized spacial score (nSPS) is 23.1. The molecule has 0 spiro atoms. The Bertz CT molecular complexity index is 511. The maximum absolute atomic E-state index is 12.6. The predicted molar refractivity (Wildman–Crippen MR) is 67.0 cm³/mol. The van der Waals surface area contributed by atoms with Gasteiger partial charge in [-0.2, -0.15) is 13.2 Å². The molecule has 6 heteroatoms. The molecule has 1 atom stereocenters. The maximum Gasteiger partial charge on any atom is 0.416 e. The van der Waals surface area contributed by atoms with E-state index in [9.17, 15) is 23.1 Å². The topological polar surface area (TPSA) is 40.5 Å². The Morgan fingerprint density at radius 1 is 1.45 bits per heavy atom. The Morgan fingerprint density at radius 3 is 2.70 bits per heavy atom. The lowest BCUT2D eigenvalue weighted by molar-refractivity contribution is -0.138. The van der Waals surface area contributed by atoms with Crippen LogP contribution in [0.1, 0.15) is 24.5 Å². The van der Waals surface area contributed by atoms with E-state index in [0.29, 0.717) is 18.5 Å². The van der Waals surface area contributed by atoms with Crippen molar-refractivity contribution < 1.29 is 23.1 Å². The van der Waals surface area contributed by atoms with E-state index >= 15 is 0 Å². The van der Waals surface area contributed by atoms with Crippen LogP contribution in [0.5, 0.6) is 0 Å². The average Bonchev–Trinajstić information content (AvgIpc) is 2.69. The smallest absolute Gasteiger partial charge is 0.388 e. The number of nitrogens with zero attached hydrogens (tertiary/aromatic N) is 1. The third kappa shape index (κ3) is 3.50. The van der Waals surface area contributed by atoms with Crippen LogP contribution in [0.25, 0.3) is 0 Å². The van der Waals surface area contributed by atoms with Crippen molar-refractivity contribution in [2.75, 3.05) is 13.1 Å². The van der Waals surface area contributed by atoms with Gasteiger partial charge in [0.15, 0.2) is 0 Å². The number of β-amino-alcohol motifs (C(OH)–C–C–N with tert-alkyl or cyclic N) is 1. The molecule has 1 aliphatic heterocycles. The number of halogens is 3. The monoisotopic (exact) mass is 287 g/mol. The van der Waals surface area contributed by atoms with Crippen molar-refractivity contribution in [3.63, 3.8) is 0 Å². The van der Waals surface area contributed by atoms with Gasteiger partial charge in [0.25, 0.3) is 0 Å². The molecule has 0 aromatic heterocycles. The van der Waals surface area contributed by atoms with E-state index < -0.39 is 17.3 Å². The second-order valence-electron chi connectivity index (χ2n) is 5.44. The zero-order chi connectivity index (χ0) is 15.0. The SMILES string of the molecule is CC1(O)CCN(C(=O)Cc2cccc(C(F)(F)F)c2)C1. The molecule has 3 nitrogen and oxygen atoms in total. The molecule has 0 bridgehead atoms. The van der Waals surface area contributed by atoms with Crippen molar-refractivity contribution in [3.05, 3.63) is 35.4 Å². The number of benzene rings is 1. The molecular weight excluding hydrogens is 271 g/mol. The van der Waals surface area contributed by atoms with Crippen LogP contribution < -0.4 is 0 Å².